The number of nitrogens with zero attached hydrogens (tertiary/aromatic N) is 2. The van der Waals surface area contributed by atoms with E-state index in [1.165, 1.54) is 17.3 Å². The largest absolute Gasteiger partial charge is 0.382 e. The summed E-state index contributed by atoms with van der Waals surface area (Å²) in [6.45, 7) is 0. The van der Waals surface area contributed by atoms with Gasteiger partial charge in [0.1, 0.15) is 5.82 Å². The molecule has 3 aromatic rings. The van der Waals surface area contributed by atoms with Crippen molar-refractivity contribution >= 4 is 17.3 Å². The Morgan fingerprint density at radius 1 is 0.905 bits per heavy atom. The van der Waals surface area contributed by atoms with Gasteiger partial charge in [-0.1, -0.05) is 48.5 Å². The molecule has 0 fully saturated rings. The van der Waals surface area contributed by atoms with Crippen molar-refractivity contribution in [3.8, 4) is 0 Å². The predicted molar refractivity (Wildman–Crippen MR) is 85.4 cm³/mol. The number of nitrogens with one attached hydrogen (secondary N) is 1. The second-order valence-electron chi connectivity index (χ2n) is 4.77. The molecule has 3 N–H and O–H groups in total. The molecule has 0 amide bonds. The Hall–Kier alpha value is -2.88. The van der Waals surface area contributed by atoms with Crippen LogP contribution in [0.3, 0.4) is 0 Å². The van der Waals surface area contributed by atoms with Crippen molar-refractivity contribution in [2.45, 2.75) is 6.42 Å². The maximum Gasteiger partial charge on any atom is 0.151 e. The molecule has 0 aliphatic carbocycles. The lowest BCUT2D eigenvalue weighted by atomic mass is 10.0. The lowest BCUT2D eigenvalue weighted by Gasteiger charge is -2.11. The zero-order valence-corrected chi connectivity index (χ0v) is 11.5. The Labute approximate surface area is 123 Å². The van der Waals surface area contributed by atoms with Crippen LogP contribution in [0.5, 0.6) is 0 Å². The molecule has 0 aliphatic heterocycles. The van der Waals surface area contributed by atoms with E-state index in [-0.39, 0.29) is 0 Å². The standard InChI is InChI=1S/C17H16N4/c18-16-11-19-12-17(21-16)20-15-9-5-4-8-14(15)10-13-6-2-1-3-7-13/h1-9,11-12H,10H2,(H3,18,20,21). The first-order valence-electron chi connectivity index (χ1n) is 6.77. The van der Waals surface area contributed by atoms with Crippen molar-refractivity contribution in [1.82, 2.24) is 9.97 Å². The number of hydrogen-bond acceptors (Lipinski definition) is 4. The summed E-state index contributed by atoms with van der Waals surface area (Å²) in [6.07, 6.45) is 4.05. The van der Waals surface area contributed by atoms with Crippen molar-refractivity contribution in [2.24, 2.45) is 0 Å². The summed E-state index contributed by atoms with van der Waals surface area (Å²) in [5, 5.41) is 3.28. The van der Waals surface area contributed by atoms with Crippen LogP contribution in [0.1, 0.15) is 11.1 Å². The fourth-order valence-corrected chi connectivity index (χ4v) is 2.19. The molecule has 1 aromatic heterocycles. The normalized spacial score (nSPS) is 10.3. The molecule has 0 bridgehead atoms. The van der Waals surface area contributed by atoms with Crippen LogP contribution in [-0.4, -0.2) is 9.97 Å². The maximum atomic E-state index is 5.66. The average molecular weight is 276 g/mol. The fourth-order valence-electron chi connectivity index (χ4n) is 2.19. The predicted octanol–water partition coefficient (Wildman–Crippen LogP) is 3.39. The van der Waals surface area contributed by atoms with Crippen molar-refractivity contribution in [3.05, 3.63) is 78.1 Å². The lowest BCUT2D eigenvalue weighted by molar-refractivity contribution is 1.17. The third kappa shape index (κ3) is 3.36. The molecule has 0 atom stereocenters. The van der Waals surface area contributed by atoms with Crippen LogP contribution in [0.15, 0.2) is 67.0 Å². The summed E-state index contributed by atoms with van der Waals surface area (Å²) >= 11 is 0. The van der Waals surface area contributed by atoms with Crippen LogP contribution < -0.4 is 11.1 Å². The average Bonchev–Trinajstić information content (AvgIpc) is 2.50. The van der Waals surface area contributed by atoms with E-state index in [1.807, 2.05) is 24.3 Å². The molecule has 3 rings (SSSR count). The quantitative estimate of drug-likeness (QED) is 0.766. The summed E-state index contributed by atoms with van der Waals surface area (Å²) in [5.41, 5.74) is 9.15. The van der Waals surface area contributed by atoms with Crippen LogP contribution in [0.2, 0.25) is 0 Å². The van der Waals surface area contributed by atoms with Crippen molar-refractivity contribution in [3.63, 3.8) is 0 Å². The maximum absolute atomic E-state index is 5.66. The molecule has 0 spiro atoms. The number of anilines is 3. The Bertz CT molecular complexity index is 726. The minimum Gasteiger partial charge on any atom is -0.382 e. The van der Waals surface area contributed by atoms with E-state index in [9.17, 15) is 0 Å². The highest BCUT2D eigenvalue weighted by Crippen LogP contribution is 2.22. The topological polar surface area (TPSA) is 63.8 Å². The van der Waals surface area contributed by atoms with Gasteiger partial charge in [0.2, 0.25) is 0 Å². The smallest absolute Gasteiger partial charge is 0.151 e. The Morgan fingerprint density at radius 2 is 1.67 bits per heavy atom. The number of nitrogens with two attached hydrogens (primary N) is 1. The van der Waals surface area contributed by atoms with E-state index in [0.29, 0.717) is 11.6 Å². The molecule has 4 nitrogen and oxygen atoms in total. The van der Waals surface area contributed by atoms with Gasteiger partial charge < -0.3 is 11.1 Å². The van der Waals surface area contributed by atoms with Crippen LogP contribution >= 0.6 is 0 Å². The van der Waals surface area contributed by atoms with Gasteiger partial charge in [-0.3, -0.25) is 4.98 Å². The monoisotopic (exact) mass is 276 g/mol. The Balaban J connectivity index is 1.86. The first-order valence-corrected chi connectivity index (χ1v) is 6.77. The van der Waals surface area contributed by atoms with Gasteiger partial charge in [0, 0.05) is 5.69 Å². The highest BCUT2D eigenvalue weighted by atomic mass is 15.0. The van der Waals surface area contributed by atoms with Gasteiger partial charge in [0.15, 0.2) is 5.82 Å². The second kappa shape index (κ2) is 6.05. The van der Waals surface area contributed by atoms with Gasteiger partial charge in [0.05, 0.1) is 12.4 Å². The zero-order valence-electron chi connectivity index (χ0n) is 11.5. The van der Waals surface area contributed by atoms with Crippen molar-refractivity contribution in [2.75, 3.05) is 11.1 Å². The third-order valence-corrected chi connectivity index (χ3v) is 3.17. The van der Waals surface area contributed by atoms with E-state index in [1.54, 1.807) is 6.20 Å². The summed E-state index contributed by atoms with van der Waals surface area (Å²) < 4.78 is 0. The number of benzene rings is 2. The molecule has 0 unspecified atom stereocenters. The number of aromatic nitrogens is 2. The molecule has 4 heteroatoms. The van der Waals surface area contributed by atoms with Crippen LogP contribution in [0.4, 0.5) is 17.3 Å². The van der Waals surface area contributed by atoms with Crippen LogP contribution in [-0.2, 0) is 6.42 Å². The highest BCUT2D eigenvalue weighted by molar-refractivity contribution is 5.61. The second-order valence-corrected chi connectivity index (χ2v) is 4.77. The minimum absolute atomic E-state index is 0.403. The van der Waals surface area contributed by atoms with Gasteiger partial charge in [-0.25, -0.2) is 4.98 Å². The molecule has 1 heterocycles. The summed E-state index contributed by atoms with van der Waals surface area (Å²) in [7, 11) is 0. The van der Waals surface area contributed by atoms with E-state index < -0.39 is 0 Å². The molecule has 21 heavy (non-hydrogen) atoms. The molecule has 0 saturated carbocycles. The van der Waals surface area contributed by atoms with Crippen LogP contribution in [0, 0.1) is 0 Å². The number of rotatable bonds is 4. The lowest BCUT2D eigenvalue weighted by Crippen LogP contribution is -2.01. The SMILES string of the molecule is Nc1cncc(Nc2ccccc2Cc2ccccc2)n1. The van der Waals surface area contributed by atoms with Gasteiger partial charge in [-0.15, -0.1) is 0 Å². The van der Waals surface area contributed by atoms with Gasteiger partial charge in [0.25, 0.3) is 0 Å². The summed E-state index contributed by atoms with van der Waals surface area (Å²) in [6, 6.07) is 18.5. The number of nitrogen functional groups attached to an aromatic ring is 1. The van der Waals surface area contributed by atoms with Gasteiger partial charge in [-0.2, -0.15) is 0 Å². The summed E-state index contributed by atoms with van der Waals surface area (Å²) in [5.74, 6) is 1.05. The Kier molecular flexibility index (Phi) is 3.78. The van der Waals surface area contributed by atoms with Crippen molar-refractivity contribution < 1.29 is 0 Å². The van der Waals surface area contributed by atoms with Gasteiger partial charge >= 0.3 is 0 Å². The molecule has 2 aromatic carbocycles. The van der Waals surface area contributed by atoms with Crippen molar-refractivity contribution in [1.29, 1.82) is 0 Å². The fraction of sp³-hybridized carbons (Fsp3) is 0.0588. The minimum atomic E-state index is 0.403. The number of hydrogen-bond donors (Lipinski definition) is 2. The van der Waals surface area contributed by atoms with Crippen LogP contribution in [0.25, 0.3) is 0 Å². The van der Waals surface area contributed by atoms with Gasteiger partial charge in [-0.05, 0) is 23.6 Å². The zero-order chi connectivity index (χ0) is 14.5. The van der Waals surface area contributed by atoms with E-state index in [0.717, 1.165) is 12.1 Å². The molecule has 0 radical (unpaired) electrons. The first-order chi connectivity index (χ1) is 10.3. The third-order valence-electron chi connectivity index (χ3n) is 3.17. The van der Waals surface area contributed by atoms with E-state index in [2.05, 4.69) is 45.6 Å². The Morgan fingerprint density at radius 3 is 2.48 bits per heavy atom. The van der Waals surface area contributed by atoms with E-state index in [4.69, 9.17) is 5.73 Å². The molecular formula is C17H16N4. The highest BCUT2D eigenvalue weighted by Gasteiger charge is 2.04. The van der Waals surface area contributed by atoms with E-state index >= 15 is 0 Å². The molecule has 104 valence electrons. The number of para-hydroxylation sites is 1. The first kappa shape index (κ1) is 13.1. The molecule has 0 saturated heterocycles. The molecular weight excluding hydrogens is 260 g/mol. The molecule has 0 aliphatic rings. The summed E-state index contributed by atoms with van der Waals surface area (Å²) in [4.78, 5) is 8.26.